The second-order valence-electron chi connectivity index (χ2n) is 5.83. The highest BCUT2D eigenvalue weighted by atomic mass is 16.5. The van der Waals surface area contributed by atoms with Crippen molar-refractivity contribution in [2.24, 2.45) is 17.6 Å². The predicted molar refractivity (Wildman–Crippen MR) is 71.1 cm³/mol. The molecule has 0 radical (unpaired) electrons. The van der Waals surface area contributed by atoms with Gasteiger partial charge in [0.05, 0.1) is 6.61 Å². The van der Waals surface area contributed by atoms with Gasteiger partial charge in [-0.25, -0.2) is 4.79 Å². The number of likely N-dealkylation sites (tertiary alicyclic amines) is 1. The third kappa shape index (κ3) is 2.86. The minimum Gasteiger partial charge on any atom is -0.465 e. The minimum atomic E-state index is -0.765. The number of carbonyl (C=O) groups excluding carboxylic acids is 1. The van der Waals surface area contributed by atoms with Crippen LogP contribution in [0.15, 0.2) is 0 Å². The Balaban J connectivity index is 1.96. The Hall–Kier alpha value is -0.610. The minimum absolute atomic E-state index is 0.201. The van der Waals surface area contributed by atoms with E-state index in [4.69, 9.17) is 10.5 Å². The zero-order valence-electron chi connectivity index (χ0n) is 11.7. The Morgan fingerprint density at radius 3 is 2.61 bits per heavy atom. The number of hydrogen-bond donors (Lipinski definition) is 1. The first-order valence-electron chi connectivity index (χ1n) is 7.28. The van der Waals surface area contributed by atoms with Gasteiger partial charge in [0.25, 0.3) is 0 Å². The van der Waals surface area contributed by atoms with Gasteiger partial charge < -0.3 is 15.4 Å². The van der Waals surface area contributed by atoms with Crippen molar-refractivity contribution < 1.29 is 9.53 Å². The number of nitrogens with two attached hydrogens (primary N) is 1. The average Bonchev–Trinajstić information content (AvgIpc) is 3.12. The highest BCUT2D eigenvalue weighted by molar-refractivity contribution is 5.82. The van der Waals surface area contributed by atoms with Gasteiger partial charge in [-0.2, -0.15) is 0 Å². The summed E-state index contributed by atoms with van der Waals surface area (Å²) in [7, 11) is 0. The van der Waals surface area contributed by atoms with Gasteiger partial charge >= 0.3 is 5.97 Å². The lowest BCUT2D eigenvalue weighted by Gasteiger charge is -2.31. The number of carbonyl (C=O) groups is 1. The standard InChI is InChI=1S/C14H26N2O2/c1-3-11-7-8-16(9-11)10-14(15,12-5-6-12)13(17)18-4-2/h11-12H,3-10,15H2,1-2H3. The molecular formula is C14H26N2O2. The van der Waals surface area contributed by atoms with Gasteiger partial charge in [0, 0.05) is 13.1 Å². The lowest BCUT2D eigenvalue weighted by molar-refractivity contribution is -0.151. The molecule has 2 unspecified atom stereocenters. The van der Waals surface area contributed by atoms with Crippen LogP contribution in [0.25, 0.3) is 0 Å². The van der Waals surface area contributed by atoms with Crippen molar-refractivity contribution in [3.63, 3.8) is 0 Å². The molecule has 4 heteroatoms. The molecule has 1 saturated heterocycles. The van der Waals surface area contributed by atoms with Crippen molar-refractivity contribution in [2.45, 2.75) is 45.1 Å². The second-order valence-corrected chi connectivity index (χ2v) is 5.83. The van der Waals surface area contributed by atoms with Crippen LogP contribution in [0.4, 0.5) is 0 Å². The number of ether oxygens (including phenoxy) is 1. The summed E-state index contributed by atoms with van der Waals surface area (Å²) in [4.78, 5) is 14.5. The van der Waals surface area contributed by atoms with E-state index in [1.807, 2.05) is 6.92 Å². The molecule has 2 fully saturated rings. The van der Waals surface area contributed by atoms with Gasteiger partial charge in [0.2, 0.25) is 0 Å². The number of hydrogen-bond acceptors (Lipinski definition) is 4. The fraction of sp³-hybridized carbons (Fsp3) is 0.929. The maximum atomic E-state index is 12.1. The molecule has 1 aliphatic heterocycles. The zero-order chi connectivity index (χ0) is 13.2. The Morgan fingerprint density at radius 1 is 1.39 bits per heavy atom. The van der Waals surface area contributed by atoms with Crippen LogP contribution in [0.3, 0.4) is 0 Å². The monoisotopic (exact) mass is 254 g/mol. The quantitative estimate of drug-likeness (QED) is 0.728. The molecule has 1 saturated carbocycles. The summed E-state index contributed by atoms with van der Waals surface area (Å²) < 4.78 is 5.18. The van der Waals surface area contributed by atoms with Gasteiger partial charge in [-0.1, -0.05) is 13.3 Å². The third-order valence-corrected chi connectivity index (χ3v) is 4.39. The van der Waals surface area contributed by atoms with E-state index >= 15 is 0 Å². The summed E-state index contributed by atoms with van der Waals surface area (Å²) in [5.41, 5.74) is 5.62. The van der Waals surface area contributed by atoms with E-state index in [2.05, 4.69) is 11.8 Å². The van der Waals surface area contributed by atoms with Gasteiger partial charge in [-0.05, 0) is 44.6 Å². The second kappa shape index (κ2) is 5.57. The summed E-state index contributed by atoms with van der Waals surface area (Å²) in [6, 6.07) is 0. The summed E-state index contributed by atoms with van der Waals surface area (Å²) in [5.74, 6) is 0.903. The molecule has 0 bridgehead atoms. The first kappa shape index (κ1) is 13.8. The van der Waals surface area contributed by atoms with Gasteiger partial charge in [-0.3, -0.25) is 0 Å². The van der Waals surface area contributed by atoms with E-state index in [-0.39, 0.29) is 5.97 Å². The van der Waals surface area contributed by atoms with Crippen LogP contribution in [-0.4, -0.2) is 42.6 Å². The summed E-state index contributed by atoms with van der Waals surface area (Å²) >= 11 is 0. The Morgan fingerprint density at radius 2 is 2.11 bits per heavy atom. The van der Waals surface area contributed by atoms with Crippen molar-refractivity contribution in [1.29, 1.82) is 0 Å². The molecule has 2 N–H and O–H groups in total. The van der Waals surface area contributed by atoms with E-state index in [0.717, 1.165) is 31.8 Å². The van der Waals surface area contributed by atoms with E-state index in [0.29, 0.717) is 19.1 Å². The van der Waals surface area contributed by atoms with Crippen LogP contribution in [0.2, 0.25) is 0 Å². The summed E-state index contributed by atoms with van der Waals surface area (Å²) in [6.45, 7) is 7.32. The normalized spacial score (nSPS) is 28.1. The molecule has 0 spiro atoms. The van der Waals surface area contributed by atoms with Crippen molar-refractivity contribution in [3.8, 4) is 0 Å². The van der Waals surface area contributed by atoms with Crippen molar-refractivity contribution >= 4 is 5.97 Å². The van der Waals surface area contributed by atoms with Crippen molar-refractivity contribution in [3.05, 3.63) is 0 Å². The Kier molecular flexibility index (Phi) is 4.28. The fourth-order valence-corrected chi connectivity index (χ4v) is 2.98. The van der Waals surface area contributed by atoms with Gasteiger partial charge in [0.15, 0.2) is 0 Å². The zero-order valence-corrected chi connectivity index (χ0v) is 11.7. The first-order chi connectivity index (χ1) is 8.60. The number of nitrogens with zero attached hydrogens (tertiary/aromatic N) is 1. The third-order valence-electron chi connectivity index (χ3n) is 4.39. The maximum Gasteiger partial charge on any atom is 0.327 e. The lowest BCUT2D eigenvalue weighted by atomic mass is 9.94. The van der Waals surface area contributed by atoms with E-state index < -0.39 is 5.54 Å². The number of esters is 1. The van der Waals surface area contributed by atoms with Crippen molar-refractivity contribution in [2.75, 3.05) is 26.2 Å². The molecule has 104 valence electrons. The molecule has 18 heavy (non-hydrogen) atoms. The predicted octanol–water partition coefficient (Wildman–Crippen LogP) is 1.39. The molecule has 0 amide bonds. The average molecular weight is 254 g/mol. The summed E-state index contributed by atoms with van der Waals surface area (Å²) in [6.07, 6.45) is 4.59. The topological polar surface area (TPSA) is 55.6 Å². The fourth-order valence-electron chi connectivity index (χ4n) is 2.98. The van der Waals surface area contributed by atoms with E-state index in [9.17, 15) is 4.79 Å². The van der Waals surface area contributed by atoms with Crippen molar-refractivity contribution in [1.82, 2.24) is 4.90 Å². The molecule has 1 aliphatic carbocycles. The first-order valence-corrected chi connectivity index (χ1v) is 7.28. The molecule has 2 rings (SSSR count). The van der Waals surface area contributed by atoms with Crippen LogP contribution in [0.1, 0.15) is 39.5 Å². The smallest absolute Gasteiger partial charge is 0.327 e. The molecule has 0 aromatic carbocycles. The molecule has 2 aliphatic rings. The summed E-state index contributed by atoms with van der Waals surface area (Å²) in [5, 5.41) is 0. The van der Waals surface area contributed by atoms with E-state index in [1.54, 1.807) is 0 Å². The van der Waals surface area contributed by atoms with Crippen LogP contribution in [0.5, 0.6) is 0 Å². The van der Waals surface area contributed by atoms with Crippen LogP contribution < -0.4 is 5.73 Å². The molecule has 4 nitrogen and oxygen atoms in total. The maximum absolute atomic E-state index is 12.1. The van der Waals surface area contributed by atoms with Gasteiger partial charge in [0.1, 0.15) is 5.54 Å². The van der Waals surface area contributed by atoms with Crippen LogP contribution in [0, 0.1) is 11.8 Å². The molecule has 1 heterocycles. The van der Waals surface area contributed by atoms with Crippen LogP contribution >= 0.6 is 0 Å². The number of rotatable bonds is 6. The molecule has 0 aromatic rings. The Bertz CT molecular complexity index is 304. The molecule has 0 aromatic heterocycles. The molecule has 2 atom stereocenters. The highest BCUT2D eigenvalue weighted by Gasteiger charge is 2.50. The molecular weight excluding hydrogens is 228 g/mol. The lowest BCUT2D eigenvalue weighted by Crippen LogP contribution is -2.58. The highest BCUT2D eigenvalue weighted by Crippen LogP contribution is 2.40. The van der Waals surface area contributed by atoms with E-state index in [1.165, 1.54) is 12.8 Å². The SMILES string of the molecule is CCOC(=O)C(N)(CN1CCC(CC)C1)C1CC1. The largest absolute Gasteiger partial charge is 0.465 e. The Labute approximate surface area is 110 Å². The van der Waals surface area contributed by atoms with Gasteiger partial charge in [-0.15, -0.1) is 0 Å². The van der Waals surface area contributed by atoms with Crippen LogP contribution in [-0.2, 0) is 9.53 Å².